The van der Waals surface area contributed by atoms with Gasteiger partial charge in [-0.25, -0.2) is 0 Å². The molecule has 1 aromatic carbocycles. The van der Waals surface area contributed by atoms with Gasteiger partial charge in [0.1, 0.15) is 0 Å². The van der Waals surface area contributed by atoms with Crippen LogP contribution in [0.5, 0.6) is 0 Å². The molecular weight excluding hydrogens is 316 g/mol. The van der Waals surface area contributed by atoms with Crippen molar-refractivity contribution in [3.05, 3.63) is 34.6 Å². The number of halogens is 1. The third kappa shape index (κ3) is 3.83. The molecule has 6 heteroatoms. The summed E-state index contributed by atoms with van der Waals surface area (Å²) in [7, 11) is 0. The van der Waals surface area contributed by atoms with E-state index in [1.54, 1.807) is 11.8 Å². The van der Waals surface area contributed by atoms with Crippen LogP contribution in [0.3, 0.4) is 0 Å². The molecule has 2 rings (SSSR count). The molecule has 0 radical (unpaired) electrons. The molecule has 0 saturated heterocycles. The van der Waals surface area contributed by atoms with Crippen molar-refractivity contribution < 1.29 is 9.63 Å². The monoisotopic (exact) mass is 328 g/mol. The Balaban J connectivity index is 1.97. The van der Waals surface area contributed by atoms with Crippen LogP contribution in [0.2, 0.25) is 0 Å². The Bertz CT molecular complexity index is 504. The van der Waals surface area contributed by atoms with E-state index in [9.17, 15) is 0 Å². The zero-order valence-electron chi connectivity index (χ0n) is 9.67. The van der Waals surface area contributed by atoms with Crippen LogP contribution in [0.15, 0.2) is 33.3 Å². The molecule has 1 heterocycles. The first kappa shape index (κ1) is 13.6. The largest absolute Gasteiger partial charge is 0.396 e. The fourth-order valence-corrected chi connectivity index (χ4v) is 2.55. The van der Waals surface area contributed by atoms with E-state index in [4.69, 9.17) is 9.63 Å². The van der Waals surface area contributed by atoms with Crippen molar-refractivity contribution in [2.24, 2.45) is 0 Å². The SMILES string of the molecule is OCCCSCc1nc(-c2cccc(Br)c2)no1. The van der Waals surface area contributed by atoms with Gasteiger partial charge in [-0.1, -0.05) is 33.2 Å². The second kappa shape index (κ2) is 6.92. The van der Waals surface area contributed by atoms with E-state index < -0.39 is 0 Å². The van der Waals surface area contributed by atoms with Crippen LogP contribution in [0.25, 0.3) is 11.4 Å². The lowest BCUT2D eigenvalue weighted by atomic mass is 10.2. The molecule has 0 aliphatic heterocycles. The highest BCUT2D eigenvalue weighted by molar-refractivity contribution is 9.10. The van der Waals surface area contributed by atoms with E-state index in [0.29, 0.717) is 17.5 Å². The Hall–Kier alpha value is -0.850. The van der Waals surface area contributed by atoms with E-state index >= 15 is 0 Å². The normalized spacial score (nSPS) is 10.8. The highest BCUT2D eigenvalue weighted by Crippen LogP contribution is 2.21. The molecule has 4 nitrogen and oxygen atoms in total. The second-order valence-electron chi connectivity index (χ2n) is 3.65. The van der Waals surface area contributed by atoms with Crippen molar-refractivity contribution in [2.75, 3.05) is 12.4 Å². The second-order valence-corrected chi connectivity index (χ2v) is 5.67. The Morgan fingerprint density at radius 2 is 2.28 bits per heavy atom. The first-order chi connectivity index (χ1) is 8.79. The molecule has 18 heavy (non-hydrogen) atoms. The Kier molecular flexibility index (Phi) is 5.22. The Morgan fingerprint density at radius 1 is 1.39 bits per heavy atom. The number of thioether (sulfide) groups is 1. The van der Waals surface area contributed by atoms with Gasteiger partial charge in [0.05, 0.1) is 5.75 Å². The fourth-order valence-electron chi connectivity index (χ4n) is 1.38. The molecule has 0 aliphatic rings. The van der Waals surface area contributed by atoms with Gasteiger partial charge in [-0.05, 0) is 24.3 Å². The summed E-state index contributed by atoms with van der Waals surface area (Å²) >= 11 is 5.09. The van der Waals surface area contributed by atoms with Gasteiger partial charge in [-0.15, -0.1) is 0 Å². The lowest BCUT2D eigenvalue weighted by molar-refractivity contribution is 0.296. The number of hydrogen-bond acceptors (Lipinski definition) is 5. The number of benzene rings is 1. The Morgan fingerprint density at radius 3 is 3.06 bits per heavy atom. The maximum Gasteiger partial charge on any atom is 0.236 e. The molecule has 96 valence electrons. The minimum absolute atomic E-state index is 0.222. The van der Waals surface area contributed by atoms with Crippen LogP contribution in [0.4, 0.5) is 0 Å². The molecule has 1 aromatic heterocycles. The number of hydrogen-bond donors (Lipinski definition) is 1. The molecule has 0 aliphatic carbocycles. The first-order valence-electron chi connectivity index (χ1n) is 5.56. The van der Waals surface area contributed by atoms with Gasteiger partial charge in [0.25, 0.3) is 0 Å². The summed E-state index contributed by atoms with van der Waals surface area (Å²) in [5.74, 6) is 2.80. The van der Waals surface area contributed by atoms with Crippen molar-refractivity contribution in [3.63, 3.8) is 0 Å². The smallest absolute Gasteiger partial charge is 0.236 e. The van der Waals surface area contributed by atoms with Crippen LogP contribution < -0.4 is 0 Å². The van der Waals surface area contributed by atoms with Crippen molar-refractivity contribution in [1.82, 2.24) is 10.1 Å². The average molecular weight is 329 g/mol. The summed E-state index contributed by atoms with van der Waals surface area (Å²) in [5, 5.41) is 12.6. The summed E-state index contributed by atoms with van der Waals surface area (Å²) in [6, 6.07) is 7.78. The van der Waals surface area contributed by atoms with E-state index in [1.165, 1.54) is 0 Å². The van der Waals surface area contributed by atoms with E-state index in [0.717, 1.165) is 22.2 Å². The maximum atomic E-state index is 8.67. The zero-order valence-corrected chi connectivity index (χ0v) is 12.1. The topological polar surface area (TPSA) is 59.2 Å². The van der Waals surface area contributed by atoms with Crippen LogP contribution >= 0.6 is 27.7 Å². The summed E-state index contributed by atoms with van der Waals surface area (Å²) in [5.41, 5.74) is 0.930. The summed E-state index contributed by atoms with van der Waals surface area (Å²) in [4.78, 5) is 4.34. The summed E-state index contributed by atoms with van der Waals surface area (Å²) < 4.78 is 6.17. The maximum absolute atomic E-state index is 8.67. The average Bonchev–Trinajstić information content (AvgIpc) is 2.83. The lowest BCUT2D eigenvalue weighted by Gasteiger charge is -1.95. The van der Waals surface area contributed by atoms with Crippen LogP contribution in [0.1, 0.15) is 12.3 Å². The molecule has 0 atom stereocenters. The standard InChI is InChI=1S/C12H13BrN2O2S/c13-10-4-1-3-9(7-10)12-14-11(17-15-12)8-18-6-2-5-16/h1,3-4,7,16H,2,5-6,8H2. The fraction of sp³-hybridized carbons (Fsp3) is 0.333. The van der Waals surface area contributed by atoms with E-state index in [2.05, 4.69) is 26.1 Å². The molecule has 2 aromatic rings. The predicted molar refractivity (Wildman–Crippen MR) is 75.3 cm³/mol. The number of nitrogens with zero attached hydrogens (tertiary/aromatic N) is 2. The van der Waals surface area contributed by atoms with Gasteiger partial charge in [-0.3, -0.25) is 0 Å². The van der Waals surface area contributed by atoms with Crippen molar-refractivity contribution in [2.45, 2.75) is 12.2 Å². The number of rotatable bonds is 6. The molecule has 0 bridgehead atoms. The lowest BCUT2D eigenvalue weighted by Crippen LogP contribution is -1.87. The van der Waals surface area contributed by atoms with Gasteiger partial charge in [0.2, 0.25) is 11.7 Å². The van der Waals surface area contributed by atoms with Crippen molar-refractivity contribution in [1.29, 1.82) is 0 Å². The van der Waals surface area contributed by atoms with Gasteiger partial charge in [-0.2, -0.15) is 16.7 Å². The molecule has 0 unspecified atom stereocenters. The highest BCUT2D eigenvalue weighted by Gasteiger charge is 2.08. The molecule has 0 saturated carbocycles. The van der Waals surface area contributed by atoms with Crippen LogP contribution in [0, 0.1) is 0 Å². The summed E-state index contributed by atoms with van der Waals surface area (Å²) in [6.07, 6.45) is 0.789. The van der Waals surface area contributed by atoms with E-state index in [-0.39, 0.29) is 6.61 Å². The van der Waals surface area contributed by atoms with Gasteiger partial charge in [0, 0.05) is 16.6 Å². The molecule has 1 N–H and O–H groups in total. The zero-order chi connectivity index (χ0) is 12.8. The first-order valence-corrected chi connectivity index (χ1v) is 7.51. The molecular formula is C12H13BrN2O2S. The minimum atomic E-state index is 0.222. The quantitative estimate of drug-likeness (QED) is 0.825. The third-order valence-corrected chi connectivity index (χ3v) is 3.74. The third-order valence-electron chi connectivity index (χ3n) is 2.22. The molecule has 0 fully saturated rings. The van der Waals surface area contributed by atoms with Crippen LogP contribution in [-0.2, 0) is 5.75 Å². The number of aliphatic hydroxyl groups is 1. The Labute approximate surface area is 118 Å². The summed E-state index contributed by atoms with van der Waals surface area (Å²) in [6.45, 7) is 0.222. The van der Waals surface area contributed by atoms with Crippen molar-refractivity contribution >= 4 is 27.7 Å². The van der Waals surface area contributed by atoms with Gasteiger partial charge < -0.3 is 9.63 Å². The van der Waals surface area contributed by atoms with Crippen molar-refractivity contribution in [3.8, 4) is 11.4 Å². The van der Waals surface area contributed by atoms with E-state index in [1.807, 2.05) is 24.3 Å². The minimum Gasteiger partial charge on any atom is -0.396 e. The highest BCUT2D eigenvalue weighted by atomic mass is 79.9. The van der Waals surface area contributed by atoms with Gasteiger partial charge in [0.15, 0.2) is 0 Å². The molecule has 0 amide bonds. The predicted octanol–water partition coefficient (Wildman–Crippen LogP) is 3.11. The van der Waals surface area contributed by atoms with Gasteiger partial charge >= 0.3 is 0 Å². The van der Waals surface area contributed by atoms with Crippen LogP contribution in [-0.4, -0.2) is 27.6 Å². The molecule has 0 spiro atoms. The number of aromatic nitrogens is 2. The number of aliphatic hydroxyl groups excluding tert-OH is 1.